The number of aryl methyl sites for hydroxylation is 3. The normalized spacial score (nSPS) is 22.3. The summed E-state index contributed by atoms with van der Waals surface area (Å²) < 4.78 is 1.86. The molecule has 2 aliphatic rings. The van der Waals surface area contributed by atoms with Crippen molar-refractivity contribution in [2.75, 3.05) is 49.1 Å². The second-order valence-corrected chi connectivity index (χ2v) is 9.04. The number of rotatable bonds is 3. The van der Waals surface area contributed by atoms with Crippen LogP contribution in [0.2, 0.25) is 0 Å². The van der Waals surface area contributed by atoms with E-state index in [1.54, 1.807) is 0 Å². The fourth-order valence-corrected chi connectivity index (χ4v) is 5.14. The number of piperazine rings is 1. The van der Waals surface area contributed by atoms with Gasteiger partial charge in [0.2, 0.25) is 0 Å². The van der Waals surface area contributed by atoms with Gasteiger partial charge in [0, 0.05) is 57.9 Å². The lowest BCUT2D eigenvalue weighted by molar-refractivity contribution is 0.375. The Hall–Kier alpha value is -2.74. The topological polar surface area (TPSA) is 75.0 Å². The largest absolute Gasteiger partial charge is 0.371 e. The Balaban J connectivity index is 1.36. The predicted molar refractivity (Wildman–Crippen MR) is 124 cm³/mol. The molecule has 2 atom stereocenters. The maximum Gasteiger partial charge on any atom is 0.159 e. The van der Waals surface area contributed by atoms with Crippen molar-refractivity contribution >= 4 is 22.5 Å². The van der Waals surface area contributed by atoms with Gasteiger partial charge in [-0.25, -0.2) is 9.97 Å². The summed E-state index contributed by atoms with van der Waals surface area (Å²) in [5.41, 5.74) is 5.48. The molecule has 8 heteroatoms. The van der Waals surface area contributed by atoms with Gasteiger partial charge in [-0.05, 0) is 32.3 Å². The summed E-state index contributed by atoms with van der Waals surface area (Å²) >= 11 is 0. The standard InChI is InChI=1S/C23H32N8/c1-15-14-31(20-11-16(2)27-23-19(20)12-26-29(23)4)8-5-18(15)22-17(3)28-21(13-25-22)30-9-6-24-7-10-30/h11-13,15,18,24H,5-10,14H2,1-4H3/t15?,18-/m1/s1. The molecule has 2 saturated heterocycles. The Kier molecular flexibility index (Phi) is 5.25. The maximum atomic E-state index is 4.94. The number of anilines is 2. The fraction of sp³-hybridized carbons (Fsp3) is 0.565. The van der Waals surface area contributed by atoms with E-state index in [-0.39, 0.29) is 0 Å². The number of hydrogen-bond donors (Lipinski definition) is 1. The third kappa shape index (κ3) is 3.73. The van der Waals surface area contributed by atoms with Gasteiger partial charge in [-0.2, -0.15) is 5.10 Å². The monoisotopic (exact) mass is 420 g/mol. The van der Waals surface area contributed by atoms with Crippen molar-refractivity contribution in [2.24, 2.45) is 13.0 Å². The number of piperidine rings is 1. The predicted octanol–water partition coefficient (Wildman–Crippen LogP) is 2.41. The summed E-state index contributed by atoms with van der Waals surface area (Å²) in [6.07, 6.45) is 5.00. The molecule has 0 radical (unpaired) electrons. The molecule has 5 rings (SSSR count). The summed E-state index contributed by atoms with van der Waals surface area (Å²) in [5.74, 6) is 1.94. The number of hydrogen-bond acceptors (Lipinski definition) is 7. The molecule has 1 unspecified atom stereocenters. The van der Waals surface area contributed by atoms with E-state index in [4.69, 9.17) is 9.97 Å². The zero-order chi connectivity index (χ0) is 21.5. The first-order valence-electron chi connectivity index (χ1n) is 11.3. The van der Waals surface area contributed by atoms with E-state index in [1.165, 1.54) is 11.4 Å². The second-order valence-electron chi connectivity index (χ2n) is 9.04. The quantitative estimate of drug-likeness (QED) is 0.697. The van der Waals surface area contributed by atoms with Crippen LogP contribution in [-0.4, -0.2) is 64.0 Å². The first kappa shape index (κ1) is 20.2. The van der Waals surface area contributed by atoms with E-state index in [2.05, 4.69) is 52.0 Å². The lowest BCUT2D eigenvalue weighted by Crippen LogP contribution is -2.44. The van der Waals surface area contributed by atoms with Gasteiger partial charge in [0.05, 0.1) is 34.9 Å². The molecule has 0 aliphatic carbocycles. The highest BCUT2D eigenvalue weighted by atomic mass is 15.3. The lowest BCUT2D eigenvalue weighted by Gasteiger charge is -2.38. The molecule has 164 valence electrons. The molecule has 3 aromatic heterocycles. The zero-order valence-corrected chi connectivity index (χ0v) is 19.0. The van der Waals surface area contributed by atoms with Crippen LogP contribution in [0.3, 0.4) is 0 Å². The smallest absolute Gasteiger partial charge is 0.159 e. The molecule has 31 heavy (non-hydrogen) atoms. The van der Waals surface area contributed by atoms with Crippen LogP contribution in [0.25, 0.3) is 11.0 Å². The van der Waals surface area contributed by atoms with Crippen LogP contribution in [0.5, 0.6) is 0 Å². The van der Waals surface area contributed by atoms with Crippen molar-refractivity contribution in [3.8, 4) is 0 Å². The van der Waals surface area contributed by atoms with Gasteiger partial charge in [-0.1, -0.05) is 6.92 Å². The minimum atomic E-state index is 0.438. The van der Waals surface area contributed by atoms with Gasteiger partial charge in [0.1, 0.15) is 5.82 Å². The Bertz CT molecular complexity index is 1080. The Labute approximate surface area is 183 Å². The number of aromatic nitrogens is 5. The Morgan fingerprint density at radius 2 is 1.84 bits per heavy atom. The molecule has 2 aliphatic heterocycles. The van der Waals surface area contributed by atoms with Crippen molar-refractivity contribution in [3.05, 3.63) is 35.5 Å². The Morgan fingerprint density at radius 3 is 2.58 bits per heavy atom. The first-order chi connectivity index (χ1) is 15.0. The van der Waals surface area contributed by atoms with E-state index < -0.39 is 0 Å². The number of nitrogens with one attached hydrogen (secondary N) is 1. The van der Waals surface area contributed by atoms with Crippen LogP contribution in [-0.2, 0) is 7.05 Å². The molecule has 0 spiro atoms. The number of nitrogens with zero attached hydrogens (tertiary/aromatic N) is 7. The molecule has 0 bridgehead atoms. The average molecular weight is 421 g/mol. The van der Waals surface area contributed by atoms with Gasteiger partial charge in [-0.15, -0.1) is 0 Å². The minimum Gasteiger partial charge on any atom is -0.371 e. The van der Waals surface area contributed by atoms with Crippen LogP contribution in [0.15, 0.2) is 18.5 Å². The third-order valence-electron chi connectivity index (χ3n) is 6.82. The molecular weight excluding hydrogens is 388 g/mol. The second kappa shape index (κ2) is 8.07. The van der Waals surface area contributed by atoms with E-state index in [0.29, 0.717) is 11.8 Å². The van der Waals surface area contributed by atoms with Crippen LogP contribution >= 0.6 is 0 Å². The number of fused-ring (bicyclic) bond motifs is 1. The highest BCUT2D eigenvalue weighted by Crippen LogP contribution is 2.37. The van der Waals surface area contributed by atoms with Crippen LogP contribution in [0, 0.1) is 19.8 Å². The Morgan fingerprint density at radius 1 is 1.03 bits per heavy atom. The third-order valence-corrected chi connectivity index (χ3v) is 6.82. The van der Waals surface area contributed by atoms with Crippen LogP contribution in [0.1, 0.15) is 36.3 Å². The van der Waals surface area contributed by atoms with Crippen molar-refractivity contribution in [1.82, 2.24) is 30.0 Å². The minimum absolute atomic E-state index is 0.438. The van der Waals surface area contributed by atoms with Gasteiger partial charge >= 0.3 is 0 Å². The molecule has 2 fully saturated rings. The zero-order valence-electron chi connectivity index (χ0n) is 19.0. The summed E-state index contributed by atoms with van der Waals surface area (Å²) in [5, 5.41) is 8.97. The summed E-state index contributed by atoms with van der Waals surface area (Å²) in [6.45, 7) is 12.5. The molecule has 0 saturated carbocycles. The molecule has 5 heterocycles. The lowest BCUT2D eigenvalue weighted by atomic mass is 9.83. The van der Waals surface area contributed by atoms with E-state index in [9.17, 15) is 0 Å². The fourth-order valence-electron chi connectivity index (χ4n) is 5.14. The van der Waals surface area contributed by atoms with Gasteiger partial charge in [0.25, 0.3) is 0 Å². The maximum absolute atomic E-state index is 4.94. The molecular formula is C23H32N8. The van der Waals surface area contributed by atoms with E-state index in [0.717, 1.165) is 73.9 Å². The summed E-state index contributed by atoms with van der Waals surface area (Å²) in [6, 6.07) is 2.20. The average Bonchev–Trinajstić information content (AvgIpc) is 3.14. The van der Waals surface area contributed by atoms with Crippen molar-refractivity contribution in [3.63, 3.8) is 0 Å². The van der Waals surface area contributed by atoms with Crippen LogP contribution in [0.4, 0.5) is 11.5 Å². The SMILES string of the molecule is Cc1cc(N2CC[C@@H](c3ncc(N4CCNCC4)nc3C)C(C)C2)c2cnn(C)c2n1. The highest BCUT2D eigenvalue weighted by molar-refractivity contribution is 5.89. The van der Waals surface area contributed by atoms with Gasteiger partial charge < -0.3 is 15.1 Å². The number of pyridine rings is 1. The van der Waals surface area contributed by atoms with E-state index in [1.807, 2.05) is 24.1 Å². The van der Waals surface area contributed by atoms with E-state index >= 15 is 0 Å². The molecule has 0 aromatic carbocycles. The van der Waals surface area contributed by atoms with Crippen molar-refractivity contribution < 1.29 is 0 Å². The highest BCUT2D eigenvalue weighted by Gasteiger charge is 2.31. The summed E-state index contributed by atoms with van der Waals surface area (Å²) in [4.78, 5) is 19.4. The van der Waals surface area contributed by atoms with Gasteiger partial charge in [-0.3, -0.25) is 9.67 Å². The summed E-state index contributed by atoms with van der Waals surface area (Å²) in [7, 11) is 1.96. The molecule has 0 amide bonds. The first-order valence-corrected chi connectivity index (χ1v) is 11.3. The van der Waals surface area contributed by atoms with Crippen molar-refractivity contribution in [1.29, 1.82) is 0 Å². The molecule has 1 N–H and O–H groups in total. The molecule has 8 nitrogen and oxygen atoms in total. The van der Waals surface area contributed by atoms with Crippen molar-refractivity contribution in [2.45, 2.75) is 33.1 Å². The van der Waals surface area contributed by atoms with Crippen LogP contribution < -0.4 is 15.1 Å². The molecule has 3 aromatic rings. The van der Waals surface area contributed by atoms with Gasteiger partial charge in [0.15, 0.2) is 5.65 Å².